The topological polar surface area (TPSA) is 55.4 Å². The second-order valence-corrected chi connectivity index (χ2v) is 6.80. The molecule has 0 saturated carbocycles. The first-order valence-corrected chi connectivity index (χ1v) is 8.39. The summed E-state index contributed by atoms with van der Waals surface area (Å²) in [4.78, 5) is 23.8. The van der Waals surface area contributed by atoms with Crippen LogP contribution in [0.25, 0.3) is 0 Å². The third-order valence-corrected chi connectivity index (χ3v) is 3.29. The van der Waals surface area contributed by atoms with Crippen LogP contribution in [0.2, 0.25) is 0 Å². The Labute approximate surface area is 139 Å². The van der Waals surface area contributed by atoms with Crippen molar-refractivity contribution < 1.29 is 14.3 Å². The Kier molecular flexibility index (Phi) is 7.79. The molecule has 1 rings (SSSR count). The monoisotopic (exact) mass is 319 g/mol. The van der Waals surface area contributed by atoms with E-state index in [2.05, 4.69) is 12.2 Å². The van der Waals surface area contributed by atoms with Crippen LogP contribution >= 0.6 is 0 Å². The molecule has 1 amide bonds. The Balaban J connectivity index is 2.40. The minimum atomic E-state index is -0.267. The van der Waals surface area contributed by atoms with E-state index in [-0.39, 0.29) is 30.1 Å². The number of unbranched alkanes of at least 4 members (excludes halogenated alkanes) is 2. The van der Waals surface area contributed by atoms with E-state index < -0.39 is 0 Å². The van der Waals surface area contributed by atoms with Crippen molar-refractivity contribution in [2.24, 2.45) is 0 Å². The summed E-state index contributed by atoms with van der Waals surface area (Å²) in [6.45, 7) is 8.63. The van der Waals surface area contributed by atoms with Crippen molar-refractivity contribution in [1.29, 1.82) is 0 Å². The lowest BCUT2D eigenvalue weighted by Gasteiger charge is -2.20. The molecular weight excluding hydrogens is 290 g/mol. The zero-order valence-electron chi connectivity index (χ0n) is 14.8. The second kappa shape index (κ2) is 9.33. The normalized spacial score (nSPS) is 11.1. The highest BCUT2D eigenvalue weighted by Crippen LogP contribution is 2.15. The molecule has 0 radical (unpaired) electrons. The molecule has 0 atom stereocenters. The van der Waals surface area contributed by atoms with Crippen LogP contribution in [-0.2, 0) is 4.79 Å². The van der Waals surface area contributed by atoms with Crippen molar-refractivity contribution in [2.45, 2.75) is 65.3 Å². The van der Waals surface area contributed by atoms with Gasteiger partial charge in [0.15, 0.2) is 5.78 Å². The molecule has 0 aliphatic carbocycles. The lowest BCUT2D eigenvalue weighted by molar-refractivity contribution is -0.122. The number of amides is 1. The number of Topliss-reactive ketones (excluding diaryl/α,β-unsaturated/α-hetero) is 1. The Morgan fingerprint density at radius 3 is 2.26 bits per heavy atom. The number of carbonyl (C=O) groups is 2. The van der Waals surface area contributed by atoms with Crippen molar-refractivity contribution in [1.82, 2.24) is 5.32 Å². The van der Waals surface area contributed by atoms with Crippen LogP contribution in [0.4, 0.5) is 0 Å². The van der Waals surface area contributed by atoms with Gasteiger partial charge in [-0.1, -0.05) is 19.8 Å². The van der Waals surface area contributed by atoms with Gasteiger partial charge in [-0.15, -0.1) is 0 Å². The Bertz CT molecular complexity index is 500. The van der Waals surface area contributed by atoms with E-state index >= 15 is 0 Å². The number of hydrogen-bond donors (Lipinski definition) is 1. The van der Waals surface area contributed by atoms with Gasteiger partial charge in [-0.3, -0.25) is 9.59 Å². The van der Waals surface area contributed by atoms with Crippen LogP contribution in [0, 0.1) is 0 Å². The molecule has 0 unspecified atom stereocenters. The van der Waals surface area contributed by atoms with Gasteiger partial charge in [0.05, 0.1) is 6.61 Å². The number of hydrogen-bond acceptors (Lipinski definition) is 3. The van der Waals surface area contributed by atoms with Crippen molar-refractivity contribution in [3.05, 3.63) is 29.8 Å². The van der Waals surface area contributed by atoms with Gasteiger partial charge in [-0.05, 0) is 51.5 Å². The fourth-order valence-corrected chi connectivity index (χ4v) is 2.13. The fourth-order valence-electron chi connectivity index (χ4n) is 2.13. The first-order chi connectivity index (χ1) is 10.8. The smallest absolute Gasteiger partial charge is 0.220 e. The maximum atomic E-state index is 12.1. The van der Waals surface area contributed by atoms with Crippen LogP contribution < -0.4 is 10.1 Å². The number of ether oxygens (including phenoxy) is 1. The van der Waals surface area contributed by atoms with Gasteiger partial charge in [-0.25, -0.2) is 0 Å². The molecule has 0 aliphatic rings. The molecule has 0 saturated heterocycles. The lowest BCUT2D eigenvalue weighted by atomic mass is 10.0. The highest BCUT2D eigenvalue weighted by atomic mass is 16.5. The average Bonchev–Trinajstić information content (AvgIpc) is 2.48. The summed E-state index contributed by atoms with van der Waals surface area (Å²) in [6.07, 6.45) is 3.80. The summed E-state index contributed by atoms with van der Waals surface area (Å²) in [5.41, 5.74) is 0.353. The highest BCUT2D eigenvalue weighted by Gasteiger charge is 2.15. The van der Waals surface area contributed by atoms with Crippen LogP contribution in [0.15, 0.2) is 24.3 Å². The number of benzene rings is 1. The molecule has 1 aromatic rings. The van der Waals surface area contributed by atoms with Crippen molar-refractivity contribution in [3.8, 4) is 5.75 Å². The molecule has 0 bridgehead atoms. The molecule has 4 heteroatoms. The molecule has 4 nitrogen and oxygen atoms in total. The van der Waals surface area contributed by atoms with Crippen molar-refractivity contribution in [3.63, 3.8) is 0 Å². The Morgan fingerprint density at radius 1 is 1.04 bits per heavy atom. The lowest BCUT2D eigenvalue weighted by Crippen LogP contribution is -2.40. The van der Waals surface area contributed by atoms with Gasteiger partial charge in [0.1, 0.15) is 5.75 Å². The quantitative estimate of drug-likeness (QED) is 0.550. The first kappa shape index (κ1) is 19.2. The number of ketones is 1. The van der Waals surface area contributed by atoms with Crippen molar-refractivity contribution in [2.75, 3.05) is 6.61 Å². The standard InChI is InChI=1S/C19H29NO3/c1-5-6-7-14-23-16-10-8-15(9-11-16)17(21)12-13-18(22)20-19(2,3)4/h8-11H,5-7,12-14H2,1-4H3,(H,20,22). The van der Waals surface area contributed by atoms with Gasteiger partial charge >= 0.3 is 0 Å². The number of carbonyl (C=O) groups excluding carboxylic acids is 2. The minimum Gasteiger partial charge on any atom is -0.494 e. The van der Waals surface area contributed by atoms with Gasteiger partial charge in [-0.2, -0.15) is 0 Å². The van der Waals surface area contributed by atoms with E-state index in [0.717, 1.165) is 18.6 Å². The van der Waals surface area contributed by atoms with Gasteiger partial charge < -0.3 is 10.1 Å². The zero-order valence-corrected chi connectivity index (χ0v) is 14.8. The summed E-state index contributed by atoms with van der Waals surface area (Å²) in [5, 5.41) is 2.86. The maximum Gasteiger partial charge on any atom is 0.220 e. The third kappa shape index (κ3) is 8.38. The molecule has 0 heterocycles. The highest BCUT2D eigenvalue weighted by molar-refractivity contribution is 5.98. The molecule has 128 valence electrons. The largest absolute Gasteiger partial charge is 0.494 e. The summed E-state index contributed by atoms with van der Waals surface area (Å²) >= 11 is 0. The third-order valence-electron chi connectivity index (χ3n) is 3.29. The number of nitrogens with one attached hydrogen (secondary N) is 1. The average molecular weight is 319 g/mol. The molecule has 1 N–H and O–H groups in total. The van der Waals surface area contributed by atoms with E-state index in [4.69, 9.17) is 4.74 Å². The molecule has 0 spiro atoms. The van der Waals surface area contributed by atoms with Crippen LogP contribution in [0.1, 0.15) is 70.2 Å². The molecule has 0 aromatic heterocycles. The van der Waals surface area contributed by atoms with Crippen LogP contribution in [-0.4, -0.2) is 23.8 Å². The van der Waals surface area contributed by atoms with E-state index in [9.17, 15) is 9.59 Å². The second-order valence-electron chi connectivity index (χ2n) is 6.80. The molecule has 1 aromatic carbocycles. The maximum absolute atomic E-state index is 12.1. The predicted molar refractivity (Wildman–Crippen MR) is 92.9 cm³/mol. The predicted octanol–water partition coefficient (Wildman–Crippen LogP) is 4.13. The van der Waals surface area contributed by atoms with E-state index in [1.54, 1.807) is 12.1 Å². The Hall–Kier alpha value is -1.84. The fraction of sp³-hybridized carbons (Fsp3) is 0.579. The van der Waals surface area contributed by atoms with E-state index in [1.165, 1.54) is 6.42 Å². The Morgan fingerprint density at radius 2 is 1.70 bits per heavy atom. The molecular formula is C19H29NO3. The minimum absolute atomic E-state index is 0.0217. The summed E-state index contributed by atoms with van der Waals surface area (Å²) in [7, 11) is 0. The SMILES string of the molecule is CCCCCOc1ccc(C(=O)CCC(=O)NC(C)(C)C)cc1. The van der Waals surface area contributed by atoms with E-state index in [1.807, 2.05) is 32.9 Å². The van der Waals surface area contributed by atoms with Crippen molar-refractivity contribution >= 4 is 11.7 Å². The zero-order chi connectivity index (χ0) is 17.3. The summed E-state index contributed by atoms with van der Waals surface area (Å²) < 4.78 is 5.62. The molecule has 0 aliphatic heterocycles. The van der Waals surface area contributed by atoms with Gasteiger partial charge in [0.2, 0.25) is 5.91 Å². The van der Waals surface area contributed by atoms with E-state index in [0.29, 0.717) is 12.2 Å². The molecule has 0 fully saturated rings. The van der Waals surface area contributed by atoms with Crippen LogP contribution in [0.3, 0.4) is 0 Å². The first-order valence-electron chi connectivity index (χ1n) is 8.39. The molecule has 23 heavy (non-hydrogen) atoms. The van der Waals surface area contributed by atoms with Gasteiger partial charge in [0.25, 0.3) is 0 Å². The summed E-state index contributed by atoms with van der Waals surface area (Å²) in [5.74, 6) is 0.663. The summed E-state index contributed by atoms with van der Waals surface area (Å²) in [6, 6.07) is 7.15. The number of rotatable bonds is 9. The van der Waals surface area contributed by atoms with Gasteiger partial charge in [0, 0.05) is 23.9 Å². The van der Waals surface area contributed by atoms with Crippen LogP contribution in [0.5, 0.6) is 5.75 Å².